The van der Waals surface area contributed by atoms with Crippen molar-refractivity contribution >= 4 is 6.09 Å². The number of carbonyl (C=O) groups is 1. The van der Waals surface area contributed by atoms with E-state index in [0.29, 0.717) is 13.2 Å². The number of imidazole rings is 1. The average molecular weight is 313 g/mol. The highest BCUT2D eigenvalue weighted by molar-refractivity contribution is 5.68. The van der Waals surface area contributed by atoms with Crippen LogP contribution in [0.4, 0.5) is 4.79 Å². The highest BCUT2D eigenvalue weighted by Crippen LogP contribution is 2.31. The molecule has 2 aromatic rings. The van der Waals surface area contributed by atoms with E-state index in [2.05, 4.69) is 23.4 Å². The van der Waals surface area contributed by atoms with Crippen LogP contribution in [0.3, 0.4) is 0 Å². The summed E-state index contributed by atoms with van der Waals surface area (Å²) >= 11 is 0. The van der Waals surface area contributed by atoms with Gasteiger partial charge in [0.2, 0.25) is 0 Å². The van der Waals surface area contributed by atoms with Gasteiger partial charge in [-0.3, -0.25) is 4.90 Å². The van der Waals surface area contributed by atoms with Gasteiger partial charge in [-0.15, -0.1) is 0 Å². The number of aromatic nitrogens is 2. The van der Waals surface area contributed by atoms with Crippen molar-refractivity contribution in [1.82, 2.24) is 14.5 Å². The van der Waals surface area contributed by atoms with E-state index in [-0.39, 0.29) is 12.1 Å². The Kier molecular flexibility index (Phi) is 4.65. The third-order valence-electron chi connectivity index (χ3n) is 4.43. The second-order valence-electron chi connectivity index (χ2n) is 5.77. The van der Waals surface area contributed by atoms with Gasteiger partial charge in [-0.2, -0.15) is 0 Å². The Labute approximate surface area is 136 Å². The van der Waals surface area contributed by atoms with Crippen molar-refractivity contribution in [2.45, 2.75) is 45.9 Å². The topological polar surface area (TPSA) is 47.4 Å². The van der Waals surface area contributed by atoms with Crippen LogP contribution in [0.1, 0.15) is 43.3 Å². The lowest BCUT2D eigenvalue weighted by Gasteiger charge is -2.34. The molecule has 0 spiro atoms. The summed E-state index contributed by atoms with van der Waals surface area (Å²) in [5.74, 6) is 0. The minimum atomic E-state index is -0.252. The maximum absolute atomic E-state index is 12.5. The first-order valence-electron chi connectivity index (χ1n) is 8.25. The highest BCUT2D eigenvalue weighted by Gasteiger charge is 2.33. The van der Waals surface area contributed by atoms with Crippen LogP contribution in [-0.4, -0.2) is 27.1 Å². The normalized spacial score (nSPS) is 17.0. The molecule has 5 nitrogen and oxygen atoms in total. The zero-order valence-corrected chi connectivity index (χ0v) is 13.7. The van der Waals surface area contributed by atoms with E-state index >= 15 is 0 Å². The largest absolute Gasteiger partial charge is 0.445 e. The third kappa shape index (κ3) is 3.09. The van der Waals surface area contributed by atoms with Crippen molar-refractivity contribution in [2.75, 3.05) is 6.54 Å². The number of hydrogen-bond acceptors (Lipinski definition) is 3. The summed E-state index contributed by atoms with van der Waals surface area (Å²) in [7, 11) is 0. The molecule has 122 valence electrons. The van der Waals surface area contributed by atoms with Gasteiger partial charge < -0.3 is 9.30 Å². The molecule has 1 amide bonds. The molecular formula is C18H23N3O2. The van der Waals surface area contributed by atoms with Gasteiger partial charge in [0.05, 0.1) is 18.1 Å². The number of carbonyl (C=O) groups excluding carboxylic acids is 1. The summed E-state index contributed by atoms with van der Waals surface area (Å²) in [5.41, 5.74) is 3.28. The fraction of sp³-hybridized carbons (Fsp3) is 0.444. The molecule has 0 saturated carbocycles. The van der Waals surface area contributed by atoms with E-state index in [9.17, 15) is 4.79 Å². The first kappa shape index (κ1) is 15.6. The fourth-order valence-corrected chi connectivity index (χ4v) is 3.21. The number of amides is 1. The predicted octanol–water partition coefficient (Wildman–Crippen LogP) is 3.55. The van der Waals surface area contributed by atoms with E-state index in [1.165, 1.54) is 5.69 Å². The molecular weight excluding hydrogens is 290 g/mol. The standard InChI is InChI=1S/C18H23N3O2/c1-3-15-17-16(20(4-2)13-19-17)10-11-21(15)18(22)23-12-14-8-6-5-7-9-14/h5-9,13,15H,3-4,10-12H2,1-2H3. The number of benzene rings is 1. The third-order valence-corrected chi connectivity index (χ3v) is 4.43. The maximum atomic E-state index is 12.5. The predicted molar refractivity (Wildman–Crippen MR) is 88.0 cm³/mol. The van der Waals surface area contributed by atoms with Gasteiger partial charge in [0.15, 0.2) is 0 Å². The van der Waals surface area contributed by atoms with Gasteiger partial charge in [-0.1, -0.05) is 37.3 Å². The van der Waals surface area contributed by atoms with Crippen molar-refractivity contribution in [3.8, 4) is 0 Å². The molecule has 1 aliphatic rings. The van der Waals surface area contributed by atoms with Gasteiger partial charge in [-0.05, 0) is 18.9 Å². The Bertz CT molecular complexity index is 666. The fourth-order valence-electron chi connectivity index (χ4n) is 3.21. The van der Waals surface area contributed by atoms with E-state index < -0.39 is 0 Å². The van der Waals surface area contributed by atoms with E-state index in [0.717, 1.165) is 30.6 Å². The Balaban J connectivity index is 1.71. The smallest absolute Gasteiger partial charge is 0.410 e. The molecule has 1 unspecified atom stereocenters. The number of ether oxygens (including phenoxy) is 1. The van der Waals surface area contributed by atoms with Crippen molar-refractivity contribution in [1.29, 1.82) is 0 Å². The van der Waals surface area contributed by atoms with Gasteiger partial charge in [-0.25, -0.2) is 9.78 Å². The summed E-state index contributed by atoms with van der Waals surface area (Å²) in [6, 6.07) is 9.78. The minimum absolute atomic E-state index is 0.00910. The molecule has 3 rings (SSSR count). The van der Waals surface area contributed by atoms with Crippen LogP contribution in [-0.2, 0) is 24.3 Å². The SMILES string of the molecule is CCC1c2ncn(CC)c2CCN1C(=O)OCc1ccccc1. The molecule has 0 aliphatic carbocycles. The lowest BCUT2D eigenvalue weighted by Crippen LogP contribution is -2.40. The Morgan fingerprint density at radius 1 is 1.30 bits per heavy atom. The van der Waals surface area contributed by atoms with E-state index in [4.69, 9.17) is 4.74 Å². The molecule has 1 atom stereocenters. The average Bonchev–Trinajstić information content (AvgIpc) is 3.02. The molecule has 0 bridgehead atoms. The number of hydrogen-bond donors (Lipinski definition) is 0. The van der Waals surface area contributed by atoms with E-state index in [1.54, 1.807) is 0 Å². The lowest BCUT2D eigenvalue weighted by atomic mass is 10.0. The van der Waals surface area contributed by atoms with Crippen molar-refractivity contribution in [2.24, 2.45) is 0 Å². The monoisotopic (exact) mass is 313 g/mol. The number of fused-ring (bicyclic) bond motifs is 1. The quantitative estimate of drug-likeness (QED) is 0.867. The van der Waals surface area contributed by atoms with Crippen LogP contribution in [0.15, 0.2) is 36.7 Å². The van der Waals surface area contributed by atoms with Crippen molar-refractivity contribution < 1.29 is 9.53 Å². The molecule has 0 saturated heterocycles. The summed E-state index contributed by atoms with van der Waals surface area (Å²) < 4.78 is 7.67. The Morgan fingerprint density at radius 3 is 2.78 bits per heavy atom. The summed E-state index contributed by atoms with van der Waals surface area (Å²) in [4.78, 5) is 18.9. The maximum Gasteiger partial charge on any atom is 0.410 e. The van der Waals surface area contributed by atoms with Crippen LogP contribution in [0, 0.1) is 0 Å². The van der Waals surface area contributed by atoms with Crippen LogP contribution < -0.4 is 0 Å². The van der Waals surface area contributed by atoms with Crippen LogP contribution >= 0.6 is 0 Å². The molecule has 0 N–H and O–H groups in total. The molecule has 1 aliphatic heterocycles. The highest BCUT2D eigenvalue weighted by atomic mass is 16.6. The second-order valence-corrected chi connectivity index (χ2v) is 5.77. The lowest BCUT2D eigenvalue weighted by molar-refractivity contribution is 0.0748. The molecule has 23 heavy (non-hydrogen) atoms. The summed E-state index contributed by atoms with van der Waals surface area (Å²) in [6.07, 6.45) is 3.30. The first-order valence-corrected chi connectivity index (χ1v) is 8.25. The summed E-state index contributed by atoms with van der Waals surface area (Å²) in [5, 5.41) is 0. The van der Waals surface area contributed by atoms with Gasteiger partial charge in [0.25, 0.3) is 0 Å². The zero-order valence-electron chi connectivity index (χ0n) is 13.7. The number of rotatable bonds is 4. The Morgan fingerprint density at radius 2 is 2.09 bits per heavy atom. The van der Waals surface area contributed by atoms with Crippen molar-refractivity contribution in [3.05, 3.63) is 53.6 Å². The molecule has 5 heteroatoms. The van der Waals surface area contributed by atoms with Crippen molar-refractivity contribution in [3.63, 3.8) is 0 Å². The summed E-state index contributed by atoms with van der Waals surface area (Å²) in [6.45, 7) is 6.11. The van der Waals surface area contributed by atoms with Gasteiger partial charge in [0.1, 0.15) is 6.61 Å². The van der Waals surface area contributed by atoms with Crippen LogP contribution in [0.5, 0.6) is 0 Å². The molecule has 0 fully saturated rings. The van der Waals surface area contributed by atoms with Gasteiger partial charge >= 0.3 is 6.09 Å². The molecule has 1 aromatic heterocycles. The molecule has 1 aromatic carbocycles. The molecule has 0 radical (unpaired) electrons. The number of aryl methyl sites for hydroxylation is 1. The minimum Gasteiger partial charge on any atom is -0.445 e. The first-order chi connectivity index (χ1) is 11.2. The Hall–Kier alpha value is -2.30. The van der Waals surface area contributed by atoms with Crippen LogP contribution in [0.25, 0.3) is 0 Å². The number of nitrogens with zero attached hydrogens (tertiary/aromatic N) is 3. The van der Waals surface area contributed by atoms with E-state index in [1.807, 2.05) is 41.6 Å². The van der Waals surface area contributed by atoms with Gasteiger partial charge in [0, 0.05) is 25.2 Å². The second kappa shape index (κ2) is 6.86. The molecule has 2 heterocycles. The zero-order chi connectivity index (χ0) is 16.2. The van der Waals surface area contributed by atoms with Crippen LogP contribution in [0.2, 0.25) is 0 Å².